The van der Waals surface area contributed by atoms with Crippen LogP contribution in [0.25, 0.3) is 0 Å². The van der Waals surface area contributed by atoms with E-state index in [1.165, 1.54) is 6.42 Å². The number of likely N-dealkylation sites (tertiary alicyclic amines) is 1. The first-order valence-corrected chi connectivity index (χ1v) is 9.02. The van der Waals surface area contributed by atoms with Gasteiger partial charge in [-0.05, 0) is 36.5 Å². The number of nitrogens with zero attached hydrogens (tertiary/aromatic N) is 2. The van der Waals surface area contributed by atoms with Crippen molar-refractivity contribution in [2.75, 3.05) is 39.3 Å². The van der Waals surface area contributed by atoms with Crippen molar-refractivity contribution in [2.24, 2.45) is 5.92 Å². The van der Waals surface area contributed by atoms with E-state index in [9.17, 15) is 4.79 Å². The Balaban J connectivity index is 1.86. The van der Waals surface area contributed by atoms with Crippen LogP contribution in [0.15, 0.2) is 24.3 Å². The Morgan fingerprint density at radius 3 is 2.78 bits per heavy atom. The Hall–Kier alpha value is -1.10. The van der Waals surface area contributed by atoms with Gasteiger partial charge in [-0.15, -0.1) is 0 Å². The molecule has 2 heterocycles. The fraction of sp³-hybridized carbons (Fsp3) is 0.611. The van der Waals surface area contributed by atoms with Crippen LogP contribution >= 0.6 is 11.6 Å². The molecule has 1 aromatic rings. The first-order valence-electron chi connectivity index (χ1n) is 8.64. The van der Waals surface area contributed by atoms with Crippen molar-refractivity contribution in [1.29, 1.82) is 0 Å². The zero-order chi connectivity index (χ0) is 16.2. The molecular formula is C18H26ClN3O. The molecule has 0 aromatic heterocycles. The van der Waals surface area contributed by atoms with E-state index in [0.29, 0.717) is 10.9 Å². The maximum Gasteiger partial charge on any atom is 0.244 e. The minimum absolute atomic E-state index is 0.207. The van der Waals surface area contributed by atoms with Crippen molar-refractivity contribution in [3.63, 3.8) is 0 Å². The lowest BCUT2D eigenvalue weighted by Crippen LogP contribution is -2.51. The highest BCUT2D eigenvalue weighted by Gasteiger charge is 2.33. The summed E-state index contributed by atoms with van der Waals surface area (Å²) in [6.45, 7) is 7.65. The van der Waals surface area contributed by atoms with Gasteiger partial charge in [-0.25, -0.2) is 0 Å². The van der Waals surface area contributed by atoms with Crippen LogP contribution in [-0.4, -0.2) is 55.0 Å². The van der Waals surface area contributed by atoms with Crippen LogP contribution in [-0.2, 0) is 4.79 Å². The fourth-order valence-corrected chi connectivity index (χ4v) is 3.89. The molecule has 2 aliphatic heterocycles. The van der Waals surface area contributed by atoms with Crippen LogP contribution in [0, 0.1) is 5.92 Å². The predicted octanol–water partition coefficient (Wildman–Crippen LogP) is 2.54. The molecule has 2 atom stereocenters. The minimum atomic E-state index is -0.207. The first-order chi connectivity index (χ1) is 11.1. The Labute approximate surface area is 143 Å². The maximum atomic E-state index is 13.3. The molecule has 3 rings (SSSR count). The van der Waals surface area contributed by atoms with Gasteiger partial charge in [0.15, 0.2) is 0 Å². The Morgan fingerprint density at radius 1 is 1.30 bits per heavy atom. The smallest absolute Gasteiger partial charge is 0.244 e. The summed E-state index contributed by atoms with van der Waals surface area (Å²) in [5.41, 5.74) is 1.02. The van der Waals surface area contributed by atoms with Crippen molar-refractivity contribution >= 4 is 17.5 Å². The third-order valence-corrected chi connectivity index (χ3v) is 5.12. The number of hydrogen-bond acceptors (Lipinski definition) is 3. The van der Waals surface area contributed by atoms with Crippen LogP contribution in [0.5, 0.6) is 0 Å². The van der Waals surface area contributed by atoms with Gasteiger partial charge < -0.3 is 10.2 Å². The number of rotatable bonds is 3. The molecular weight excluding hydrogens is 310 g/mol. The SMILES string of the molecule is CC1CCCN(C(=O)C(c2cccc(Cl)c2)N2CCNCC2)C1. The monoisotopic (exact) mass is 335 g/mol. The van der Waals surface area contributed by atoms with Crippen molar-refractivity contribution < 1.29 is 4.79 Å². The Kier molecular flexibility index (Phi) is 5.57. The molecule has 2 saturated heterocycles. The topological polar surface area (TPSA) is 35.6 Å². The predicted molar refractivity (Wildman–Crippen MR) is 93.6 cm³/mol. The fourth-order valence-electron chi connectivity index (χ4n) is 3.69. The van der Waals surface area contributed by atoms with Gasteiger partial charge in [0.25, 0.3) is 0 Å². The van der Waals surface area contributed by atoms with Crippen LogP contribution in [0.4, 0.5) is 0 Å². The highest BCUT2D eigenvalue weighted by Crippen LogP contribution is 2.28. The summed E-state index contributed by atoms with van der Waals surface area (Å²) in [5, 5.41) is 4.06. The summed E-state index contributed by atoms with van der Waals surface area (Å²) in [7, 11) is 0. The van der Waals surface area contributed by atoms with Gasteiger partial charge in [0.2, 0.25) is 5.91 Å². The number of hydrogen-bond donors (Lipinski definition) is 1. The molecule has 2 unspecified atom stereocenters. The van der Waals surface area contributed by atoms with Crippen molar-refractivity contribution in [3.8, 4) is 0 Å². The Bertz CT molecular complexity index is 545. The van der Waals surface area contributed by atoms with Gasteiger partial charge in [0.1, 0.15) is 6.04 Å². The van der Waals surface area contributed by atoms with Gasteiger partial charge in [-0.2, -0.15) is 0 Å². The number of halogens is 1. The molecule has 0 saturated carbocycles. The van der Waals surface area contributed by atoms with Crippen molar-refractivity contribution in [2.45, 2.75) is 25.8 Å². The first kappa shape index (κ1) is 16.7. The zero-order valence-corrected chi connectivity index (χ0v) is 14.6. The highest BCUT2D eigenvalue weighted by atomic mass is 35.5. The molecule has 0 bridgehead atoms. The summed E-state index contributed by atoms with van der Waals surface area (Å²) in [5.74, 6) is 0.830. The molecule has 1 aromatic carbocycles. The van der Waals surface area contributed by atoms with Gasteiger partial charge in [-0.3, -0.25) is 9.69 Å². The van der Waals surface area contributed by atoms with Crippen LogP contribution in [0.3, 0.4) is 0 Å². The van der Waals surface area contributed by atoms with Gasteiger partial charge in [0.05, 0.1) is 0 Å². The molecule has 0 aliphatic carbocycles. The zero-order valence-electron chi connectivity index (χ0n) is 13.8. The molecule has 126 valence electrons. The number of carbonyl (C=O) groups excluding carboxylic acids is 1. The van der Waals surface area contributed by atoms with E-state index in [1.807, 2.05) is 24.3 Å². The summed E-state index contributed by atoms with van der Waals surface area (Å²) >= 11 is 6.19. The van der Waals surface area contributed by atoms with Crippen LogP contribution < -0.4 is 5.32 Å². The maximum absolute atomic E-state index is 13.3. The largest absolute Gasteiger partial charge is 0.341 e. The van der Waals surface area contributed by atoms with Crippen molar-refractivity contribution in [3.05, 3.63) is 34.9 Å². The third kappa shape index (κ3) is 4.06. The summed E-state index contributed by atoms with van der Waals surface area (Å²) in [6.07, 6.45) is 2.33. The highest BCUT2D eigenvalue weighted by molar-refractivity contribution is 6.30. The van der Waals surface area contributed by atoms with E-state index in [4.69, 9.17) is 11.6 Å². The summed E-state index contributed by atoms with van der Waals surface area (Å²) < 4.78 is 0. The Morgan fingerprint density at radius 2 is 2.09 bits per heavy atom. The number of piperidine rings is 1. The molecule has 0 spiro atoms. The molecule has 4 nitrogen and oxygen atoms in total. The lowest BCUT2D eigenvalue weighted by atomic mass is 9.97. The van der Waals surface area contributed by atoms with Crippen LogP contribution in [0.2, 0.25) is 5.02 Å². The molecule has 1 amide bonds. The minimum Gasteiger partial charge on any atom is -0.341 e. The van der Waals surface area contributed by atoms with E-state index in [0.717, 1.165) is 51.3 Å². The number of carbonyl (C=O) groups is 1. The van der Waals surface area contributed by atoms with Crippen LogP contribution in [0.1, 0.15) is 31.4 Å². The summed E-state index contributed by atoms with van der Waals surface area (Å²) in [6, 6.07) is 7.58. The lowest BCUT2D eigenvalue weighted by Gasteiger charge is -2.39. The van der Waals surface area contributed by atoms with E-state index in [-0.39, 0.29) is 11.9 Å². The number of benzene rings is 1. The molecule has 23 heavy (non-hydrogen) atoms. The van der Waals surface area contributed by atoms with Gasteiger partial charge >= 0.3 is 0 Å². The average Bonchev–Trinajstić information content (AvgIpc) is 2.56. The second-order valence-corrected chi connectivity index (χ2v) is 7.21. The van der Waals surface area contributed by atoms with Crippen molar-refractivity contribution in [1.82, 2.24) is 15.1 Å². The van der Waals surface area contributed by atoms with E-state index < -0.39 is 0 Å². The number of amides is 1. The van der Waals surface area contributed by atoms with E-state index in [2.05, 4.69) is 22.0 Å². The third-order valence-electron chi connectivity index (χ3n) is 4.88. The number of piperazine rings is 1. The molecule has 2 fully saturated rings. The molecule has 2 aliphatic rings. The lowest BCUT2D eigenvalue weighted by molar-refractivity contribution is -0.139. The second kappa shape index (κ2) is 7.65. The van der Waals surface area contributed by atoms with E-state index in [1.54, 1.807) is 0 Å². The molecule has 5 heteroatoms. The van der Waals surface area contributed by atoms with Gasteiger partial charge in [0, 0.05) is 44.3 Å². The molecule has 1 N–H and O–H groups in total. The summed E-state index contributed by atoms with van der Waals surface area (Å²) in [4.78, 5) is 17.6. The number of nitrogens with one attached hydrogen (secondary N) is 1. The normalized spacial score (nSPS) is 24.4. The van der Waals surface area contributed by atoms with E-state index >= 15 is 0 Å². The molecule has 0 radical (unpaired) electrons. The standard InChI is InChI=1S/C18H26ClN3O/c1-14-4-3-9-22(13-14)18(23)17(21-10-7-20-8-11-21)15-5-2-6-16(19)12-15/h2,5-6,12,14,17,20H,3-4,7-11,13H2,1H3. The second-order valence-electron chi connectivity index (χ2n) is 6.78. The average molecular weight is 336 g/mol. The quantitative estimate of drug-likeness (QED) is 0.922. The van der Waals surface area contributed by atoms with Gasteiger partial charge in [-0.1, -0.05) is 30.7 Å².